The van der Waals surface area contributed by atoms with Crippen molar-refractivity contribution < 1.29 is 0 Å². The van der Waals surface area contributed by atoms with Crippen molar-refractivity contribution in [3.63, 3.8) is 0 Å². The molecule has 2 rings (SSSR count). The molecule has 22 heavy (non-hydrogen) atoms. The van der Waals surface area contributed by atoms with E-state index in [-0.39, 0.29) is 0 Å². The van der Waals surface area contributed by atoms with Gasteiger partial charge in [0.05, 0.1) is 19.6 Å². The fraction of sp³-hybridized carbons (Fsp3) is 0.294. The number of rotatable bonds is 6. The van der Waals surface area contributed by atoms with Crippen molar-refractivity contribution in [2.75, 3.05) is 13.1 Å². The van der Waals surface area contributed by atoms with Crippen LogP contribution in [0.25, 0.3) is 0 Å². The van der Waals surface area contributed by atoms with E-state index in [9.17, 15) is 0 Å². The number of benzene rings is 1. The lowest BCUT2D eigenvalue weighted by Gasteiger charge is -2.11. The molecule has 0 bridgehead atoms. The van der Waals surface area contributed by atoms with Gasteiger partial charge in [-0.05, 0) is 24.1 Å². The van der Waals surface area contributed by atoms with Gasteiger partial charge in [-0.25, -0.2) is 4.99 Å². The minimum absolute atomic E-state index is 0.459. The van der Waals surface area contributed by atoms with Gasteiger partial charge in [0.1, 0.15) is 0 Å². The second-order valence-electron chi connectivity index (χ2n) is 4.73. The van der Waals surface area contributed by atoms with Gasteiger partial charge in [0.2, 0.25) is 0 Å². The smallest absolute Gasteiger partial charge is 0.192 e. The summed E-state index contributed by atoms with van der Waals surface area (Å²) in [5, 5.41) is 10.5. The van der Waals surface area contributed by atoms with Gasteiger partial charge in [0, 0.05) is 18.9 Å². The Hall–Kier alpha value is -2.74. The number of aliphatic imine (C=N–C) groups is 1. The maximum absolute atomic E-state index is 5.28. The maximum atomic E-state index is 5.28. The topological polar surface area (TPSA) is 54.2 Å². The number of terminal acetylenes is 1. The Labute approximate surface area is 131 Å². The van der Waals surface area contributed by atoms with Crippen molar-refractivity contribution in [2.24, 2.45) is 4.99 Å². The summed E-state index contributed by atoms with van der Waals surface area (Å²) in [5.41, 5.74) is 2.39. The number of nitrogens with zero attached hydrogens (tertiary/aromatic N) is 3. The first-order chi connectivity index (χ1) is 10.8. The Balaban J connectivity index is 2.09. The van der Waals surface area contributed by atoms with Crippen LogP contribution in [0.15, 0.2) is 47.7 Å². The highest BCUT2D eigenvalue weighted by molar-refractivity contribution is 5.80. The van der Waals surface area contributed by atoms with E-state index >= 15 is 0 Å². The predicted molar refractivity (Wildman–Crippen MR) is 89.4 cm³/mol. The van der Waals surface area contributed by atoms with E-state index in [4.69, 9.17) is 6.42 Å². The molecule has 2 N–H and O–H groups in total. The maximum Gasteiger partial charge on any atom is 0.192 e. The summed E-state index contributed by atoms with van der Waals surface area (Å²) >= 11 is 0. The molecule has 0 saturated heterocycles. The normalized spacial score (nSPS) is 11.0. The van der Waals surface area contributed by atoms with Crippen LogP contribution in [-0.4, -0.2) is 28.8 Å². The number of aromatic nitrogens is 2. The monoisotopic (exact) mass is 295 g/mol. The molecule has 0 fully saturated rings. The molecule has 114 valence electrons. The average molecular weight is 295 g/mol. The summed E-state index contributed by atoms with van der Waals surface area (Å²) < 4.78 is 1.91. The van der Waals surface area contributed by atoms with Crippen LogP contribution < -0.4 is 10.6 Å². The van der Waals surface area contributed by atoms with Gasteiger partial charge in [0.15, 0.2) is 5.96 Å². The Morgan fingerprint density at radius 1 is 1.27 bits per heavy atom. The zero-order valence-electron chi connectivity index (χ0n) is 12.8. The van der Waals surface area contributed by atoms with Crippen molar-refractivity contribution in [1.82, 2.24) is 20.4 Å². The van der Waals surface area contributed by atoms with Crippen LogP contribution in [-0.2, 0) is 13.1 Å². The minimum atomic E-state index is 0.459. The van der Waals surface area contributed by atoms with Gasteiger partial charge in [-0.2, -0.15) is 5.10 Å². The minimum Gasteiger partial charge on any atom is -0.357 e. The van der Waals surface area contributed by atoms with E-state index < -0.39 is 0 Å². The van der Waals surface area contributed by atoms with Crippen molar-refractivity contribution in [3.8, 4) is 12.3 Å². The third-order valence-electron chi connectivity index (χ3n) is 3.12. The van der Waals surface area contributed by atoms with E-state index in [1.165, 1.54) is 11.1 Å². The number of nitrogens with one attached hydrogen (secondary N) is 2. The lowest BCUT2D eigenvalue weighted by molar-refractivity contribution is 0.681. The van der Waals surface area contributed by atoms with Crippen LogP contribution in [0.4, 0.5) is 0 Å². The van der Waals surface area contributed by atoms with Crippen molar-refractivity contribution in [2.45, 2.75) is 20.0 Å². The van der Waals surface area contributed by atoms with E-state index in [0.717, 1.165) is 19.0 Å². The standard InChI is InChI=1S/C17H21N5/c1-3-10-19-17(18-4-2)20-13-15-8-5-6-9-16(15)14-22-12-7-11-21-22/h1,5-9,11-12H,4,10,13-14H2,2H3,(H2,18,19,20). The van der Waals surface area contributed by atoms with Crippen LogP contribution in [0, 0.1) is 12.3 Å². The Bertz CT molecular complexity index is 637. The first kappa shape index (κ1) is 15.6. The fourth-order valence-electron chi connectivity index (χ4n) is 2.08. The summed E-state index contributed by atoms with van der Waals surface area (Å²) in [6.45, 7) is 4.62. The lowest BCUT2D eigenvalue weighted by atomic mass is 10.1. The van der Waals surface area contributed by atoms with Gasteiger partial charge in [0.25, 0.3) is 0 Å². The molecule has 1 aromatic heterocycles. The van der Waals surface area contributed by atoms with Gasteiger partial charge in [-0.15, -0.1) is 6.42 Å². The van der Waals surface area contributed by atoms with E-state index in [1.54, 1.807) is 6.20 Å². The molecule has 0 spiro atoms. The van der Waals surface area contributed by atoms with Crippen molar-refractivity contribution in [1.29, 1.82) is 0 Å². The van der Waals surface area contributed by atoms with E-state index in [1.807, 2.05) is 36.0 Å². The summed E-state index contributed by atoms with van der Waals surface area (Å²) in [6.07, 6.45) is 9.02. The van der Waals surface area contributed by atoms with Gasteiger partial charge in [-0.3, -0.25) is 4.68 Å². The summed E-state index contributed by atoms with van der Waals surface area (Å²) in [6, 6.07) is 10.2. The second kappa shape index (κ2) is 8.53. The van der Waals surface area contributed by atoms with Crippen LogP contribution in [0.2, 0.25) is 0 Å². The van der Waals surface area contributed by atoms with Gasteiger partial charge >= 0.3 is 0 Å². The number of hydrogen-bond donors (Lipinski definition) is 2. The molecule has 2 aromatic rings. The molecule has 0 saturated carbocycles. The van der Waals surface area contributed by atoms with Gasteiger partial charge in [-0.1, -0.05) is 30.2 Å². The summed E-state index contributed by atoms with van der Waals surface area (Å²) in [4.78, 5) is 4.58. The molecule has 0 radical (unpaired) electrons. The number of hydrogen-bond acceptors (Lipinski definition) is 2. The summed E-state index contributed by atoms with van der Waals surface area (Å²) in [5.74, 6) is 3.28. The predicted octanol–water partition coefficient (Wildman–Crippen LogP) is 1.62. The molecule has 0 unspecified atom stereocenters. The zero-order valence-corrected chi connectivity index (χ0v) is 12.8. The molecule has 0 amide bonds. The molecule has 5 nitrogen and oxygen atoms in total. The molecule has 1 heterocycles. The average Bonchev–Trinajstić information content (AvgIpc) is 3.04. The molecular formula is C17H21N5. The molecule has 0 aliphatic heterocycles. The molecule has 0 atom stereocenters. The largest absolute Gasteiger partial charge is 0.357 e. The third-order valence-corrected chi connectivity index (χ3v) is 3.12. The van der Waals surface area contributed by atoms with E-state index in [2.05, 4.69) is 38.8 Å². The van der Waals surface area contributed by atoms with Crippen LogP contribution in [0.1, 0.15) is 18.1 Å². The first-order valence-electron chi connectivity index (χ1n) is 7.33. The Morgan fingerprint density at radius 3 is 2.77 bits per heavy atom. The highest BCUT2D eigenvalue weighted by Gasteiger charge is 2.03. The molecule has 0 aliphatic rings. The third kappa shape index (κ3) is 4.67. The quantitative estimate of drug-likeness (QED) is 0.484. The molecule has 0 aliphatic carbocycles. The van der Waals surface area contributed by atoms with Crippen LogP contribution in [0.5, 0.6) is 0 Å². The fourth-order valence-corrected chi connectivity index (χ4v) is 2.08. The summed E-state index contributed by atoms with van der Waals surface area (Å²) in [7, 11) is 0. The lowest BCUT2D eigenvalue weighted by Crippen LogP contribution is -2.37. The highest BCUT2D eigenvalue weighted by atomic mass is 15.3. The molecule has 5 heteroatoms. The second-order valence-corrected chi connectivity index (χ2v) is 4.73. The Kier molecular flexibility index (Phi) is 6.06. The van der Waals surface area contributed by atoms with Gasteiger partial charge < -0.3 is 10.6 Å². The first-order valence-corrected chi connectivity index (χ1v) is 7.33. The Morgan fingerprint density at radius 2 is 2.09 bits per heavy atom. The van der Waals surface area contributed by atoms with Crippen molar-refractivity contribution in [3.05, 3.63) is 53.9 Å². The zero-order chi connectivity index (χ0) is 15.6. The van der Waals surface area contributed by atoms with Crippen LogP contribution >= 0.6 is 0 Å². The molecular weight excluding hydrogens is 274 g/mol. The highest BCUT2D eigenvalue weighted by Crippen LogP contribution is 2.11. The number of guanidine groups is 1. The van der Waals surface area contributed by atoms with E-state index in [0.29, 0.717) is 13.1 Å². The van der Waals surface area contributed by atoms with Crippen LogP contribution in [0.3, 0.4) is 0 Å². The molecule has 1 aromatic carbocycles. The van der Waals surface area contributed by atoms with Crippen molar-refractivity contribution >= 4 is 5.96 Å². The SMILES string of the molecule is C#CCNC(=NCc1ccccc1Cn1cccn1)NCC.